The summed E-state index contributed by atoms with van der Waals surface area (Å²) < 4.78 is 0. The van der Waals surface area contributed by atoms with Crippen molar-refractivity contribution in [1.29, 1.82) is 0 Å². The van der Waals surface area contributed by atoms with Gasteiger partial charge in [-0.25, -0.2) is 4.98 Å². The minimum Gasteiger partial charge on any atom is -0.392 e. The molecule has 5 nitrogen and oxygen atoms in total. The number of amides is 1. The van der Waals surface area contributed by atoms with E-state index in [4.69, 9.17) is 17.3 Å². The highest BCUT2D eigenvalue weighted by atomic mass is 35.5. The molecule has 0 bridgehead atoms. The molecule has 7 heteroatoms. The zero-order chi connectivity index (χ0) is 16.8. The fraction of sp³-hybridized carbons (Fsp3) is 0.375. The summed E-state index contributed by atoms with van der Waals surface area (Å²) in [4.78, 5) is 17.3. The molecule has 2 atom stereocenters. The molecule has 2 aromatic rings. The predicted octanol–water partition coefficient (Wildman–Crippen LogP) is 2.05. The fourth-order valence-electron chi connectivity index (χ4n) is 2.14. The SMILES string of the molecule is Cc1ncsc1-c1ccc(CNC(=O)C(N)CC(O)CCl)cc1. The van der Waals surface area contributed by atoms with Crippen LogP contribution in [-0.2, 0) is 11.3 Å². The molecule has 0 saturated heterocycles. The maximum Gasteiger partial charge on any atom is 0.237 e. The van der Waals surface area contributed by atoms with Gasteiger partial charge in [-0.1, -0.05) is 24.3 Å². The number of nitrogens with one attached hydrogen (secondary N) is 1. The molecule has 4 N–H and O–H groups in total. The number of aryl methyl sites for hydroxylation is 1. The van der Waals surface area contributed by atoms with E-state index < -0.39 is 12.1 Å². The van der Waals surface area contributed by atoms with Crippen LogP contribution >= 0.6 is 22.9 Å². The van der Waals surface area contributed by atoms with Gasteiger partial charge in [-0.2, -0.15) is 0 Å². The van der Waals surface area contributed by atoms with Crippen molar-refractivity contribution in [3.8, 4) is 10.4 Å². The van der Waals surface area contributed by atoms with Gasteiger partial charge in [0.15, 0.2) is 0 Å². The number of hydrogen-bond donors (Lipinski definition) is 3. The van der Waals surface area contributed by atoms with Gasteiger partial charge in [-0.15, -0.1) is 22.9 Å². The molecular formula is C16H20ClN3O2S. The van der Waals surface area contributed by atoms with Crippen LogP contribution in [0.2, 0.25) is 0 Å². The van der Waals surface area contributed by atoms with E-state index in [2.05, 4.69) is 10.3 Å². The summed E-state index contributed by atoms with van der Waals surface area (Å²) in [5, 5.41) is 12.2. The monoisotopic (exact) mass is 353 g/mol. The third kappa shape index (κ3) is 5.00. The molecule has 0 aliphatic heterocycles. The van der Waals surface area contributed by atoms with Gasteiger partial charge in [0.05, 0.1) is 28.2 Å². The van der Waals surface area contributed by atoms with Gasteiger partial charge in [0.25, 0.3) is 0 Å². The number of nitrogens with two attached hydrogens (primary N) is 1. The maximum atomic E-state index is 11.9. The lowest BCUT2D eigenvalue weighted by molar-refractivity contribution is -0.123. The molecule has 2 rings (SSSR count). The third-order valence-electron chi connectivity index (χ3n) is 3.47. The molecule has 0 aliphatic rings. The molecule has 124 valence electrons. The Kier molecular flexibility index (Phi) is 6.53. The van der Waals surface area contributed by atoms with Crippen molar-refractivity contribution in [3.63, 3.8) is 0 Å². The van der Waals surface area contributed by atoms with Gasteiger partial charge in [0.1, 0.15) is 0 Å². The lowest BCUT2D eigenvalue weighted by Gasteiger charge is -2.14. The van der Waals surface area contributed by atoms with Crippen LogP contribution in [0.3, 0.4) is 0 Å². The molecule has 23 heavy (non-hydrogen) atoms. The molecule has 1 aromatic carbocycles. The van der Waals surface area contributed by atoms with Crippen LogP contribution in [0.25, 0.3) is 10.4 Å². The molecule has 2 unspecified atom stereocenters. The number of benzene rings is 1. The molecule has 0 radical (unpaired) electrons. The number of rotatable bonds is 7. The third-order valence-corrected chi connectivity index (χ3v) is 4.80. The van der Waals surface area contributed by atoms with Crippen molar-refractivity contribution >= 4 is 28.8 Å². The smallest absolute Gasteiger partial charge is 0.237 e. The van der Waals surface area contributed by atoms with Crippen LogP contribution in [-0.4, -0.2) is 34.0 Å². The van der Waals surface area contributed by atoms with Crippen LogP contribution in [0.15, 0.2) is 29.8 Å². The summed E-state index contributed by atoms with van der Waals surface area (Å²) in [5.74, 6) is -0.226. The van der Waals surface area contributed by atoms with Crippen LogP contribution < -0.4 is 11.1 Å². The molecule has 1 amide bonds. The van der Waals surface area contributed by atoms with E-state index in [-0.39, 0.29) is 18.2 Å². The number of hydrogen-bond acceptors (Lipinski definition) is 5. The topological polar surface area (TPSA) is 88.2 Å². The van der Waals surface area contributed by atoms with E-state index in [1.165, 1.54) is 0 Å². The minimum absolute atomic E-state index is 0.0689. The first kappa shape index (κ1) is 17.9. The van der Waals surface area contributed by atoms with E-state index in [1.54, 1.807) is 11.3 Å². The molecule has 0 spiro atoms. The number of nitrogens with zero attached hydrogens (tertiary/aromatic N) is 1. The fourth-order valence-corrected chi connectivity index (χ4v) is 3.07. The summed E-state index contributed by atoms with van der Waals surface area (Å²) in [6.07, 6.45) is -0.613. The normalized spacial score (nSPS) is 13.6. The highest BCUT2D eigenvalue weighted by Crippen LogP contribution is 2.27. The van der Waals surface area contributed by atoms with Gasteiger partial charge in [0.2, 0.25) is 5.91 Å². The Morgan fingerprint density at radius 3 is 2.70 bits per heavy atom. The zero-order valence-corrected chi connectivity index (χ0v) is 14.4. The van der Waals surface area contributed by atoms with Gasteiger partial charge >= 0.3 is 0 Å². The predicted molar refractivity (Wildman–Crippen MR) is 93.5 cm³/mol. The first-order valence-corrected chi connectivity index (χ1v) is 8.69. The average Bonchev–Trinajstić information content (AvgIpc) is 2.98. The van der Waals surface area contributed by atoms with Crippen LogP contribution in [0.5, 0.6) is 0 Å². The number of carbonyl (C=O) groups is 1. The Balaban J connectivity index is 1.89. The molecule has 1 aromatic heterocycles. The van der Waals surface area contributed by atoms with Crippen molar-refractivity contribution in [2.75, 3.05) is 5.88 Å². The van der Waals surface area contributed by atoms with E-state index in [9.17, 15) is 9.90 Å². The lowest BCUT2D eigenvalue weighted by Crippen LogP contribution is -2.42. The molecule has 0 fully saturated rings. The molecule has 0 aliphatic carbocycles. The van der Waals surface area contributed by atoms with Gasteiger partial charge < -0.3 is 16.2 Å². The Morgan fingerprint density at radius 1 is 1.43 bits per heavy atom. The number of alkyl halides is 1. The van der Waals surface area contributed by atoms with E-state index in [0.29, 0.717) is 6.54 Å². The molecule has 1 heterocycles. The Hall–Kier alpha value is -1.47. The summed E-state index contributed by atoms with van der Waals surface area (Å²) in [7, 11) is 0. The number of halogens is 1. The quantitative estimate of drug-likeness (QED) is 0.665. The summed E-state index contributed by atoms with van der Waals surface area (Å²) >= 11 is 7.11. The number of carbonyl (C=O) groups excluding carboxylic acids is 1. The van der Waals surface area contributed by atoms with Crippen molar-refractivity contribution < 1.29 is 9.90 Å². The Bertz CT molecular complexity index is 645. The van der Waals surface area contributed by atoms with Crippen molar-refractivity contribution in [1.82, 2.24) is 10.3 Å². The van der Waals surface area contributed by atoms with Gasteiger partial charge in [-0.3, -0.25) is 4.79 Å². The van der Waals surface area contributed by atoms with E-state index in [1.807, 2.05) is 36.7 Å². The number of thiazole rings is 1. The van der Waals surface area contributed by atoms with Crippen molar-refractivity contribution in [2.24, 2.45) is 5.73 Å². The van der Waals surface area contributed by atoms with Crippen LogP contribution in [0.4, 0.5) is 0 Å². The minimum atomic E-state index is -0.764. The summed E-state index contributed by atoms with van der Waals surface area (Å²) in [5.41, 5.74) is 10.7. The molecular weight excluding hydrogens is 334 g/mol. The highest BCUT2D eigenvalue weighted by Gasteiger charge is 2.17. The average molecular weight is 354 g/mol. The Labute approximate surface area is 144 Å². The number of aromatic nitrogens is 1. The van der Waals surface area contributed by atoms with Crippen LogP contribution in [0.1, 0.15) is 17.7 Å². The second-order valence-electron chi connectivity index (χ2n) is 5.33. The highest BCUT2D eigenvalue weighted by molar-refractivity contribution is 7.13. The Morgan fingerprint density at radius 2 is 2.13 bits per heavy atom. The van der Waals surface area contributed by atoms with Gasteiger partial charge in [-0.05, 0) is 24.5 Å². The van der Waals surface area contributed by atoms with E-state index in [0.717, 1.165) is 21.7 Å². The van der Waals surface area contributed by atoms with E-state index >= 15 is 0 Å². The van der Waals surface area contributed by atoms with Crippen LogP contribution in [0, 0.1) is 6.92 Å². The number of aliphatic hydroxyl groups is 1. The molecule has 0 saturated carbocycles. The van der Waals surface area contributed by atoms with Crippen molar-refractivity contribution in [3.05, 3.63) is 41.0 Å². The first-order valence-electron chi connectivity index (χ1n) is 7.28. The number of aliphatic hydroxyl groups excluding tert-OH is 1. The van der Waals surface area contributed by atoms with Crippen molar-refractivity contribution in [2.45, 2.75) is 32.0 Å². The second-order valence-corrected chi connectivity index (χ2v) is 6.50. The standard InChI is InChI=1S/C16H20ClN3O2S/c1-10-15(23-9-20-10)12-4-2-11(3-5-12)8-19-16(22)14(18)6-13(21)7-17/h2-5,9,13-14,21H,6-8,18H2,1H3,(H,19,22). The zero-order valence-electron chi connectivity index (χ0n) is 12.8. The largest absolute Gasteiger partial charge is 0.392 e. The first-order chi connectivity index (χ1) is 11.0. The van der Waals surface area contributed by atoms with Gasteiger partial charge in [0, 0.05) is 12.4 Å². The lowest BCUT2D eigenvalue weighted by atomic mass is 10.1. The summed E-state index contributed by atoms with van der Waals surface area (Å²) in [6, 6.07) is 7.20. The second kappa shape index (κ2) is 8.40. The maximum absolute atomic E-state index is 11.9. The summed E-state index contributed by atoms with van der Waals surface area (Å²) in [6.45, 7) is 2.38.